The van der Waals surface area contributed by atoms with E-state index in [4.69, 9.17) is 19.8 Å². The first-order valence-corrected chi connectivity index (χ1v) is 11.0. The third-order valence-electron chi connectivity index (χ3n) is 4.09. The Morgan fingerprint density at radius 3 is 2.04 bits per heavy atom. The van der Waals surface area contributed by atoms with Gasteiger partial charge in [0.2, 0.25) is 10.0 Å². The minimum Gasteiger partial charge on any atom is -0.473 e. The molecule has 2 aromatic rings. The van der Waals surface area contributed by atoms with Crippen molar-refractivity contribution >= 4 is 33.3 Å². The van der Waals surface area contributed by atoms with Crippen molar-refractivity contribution < 1.29 is 28.2 Å². The molecule has 0 unspecified atom stereocenters. The Hall–Kier alpha value is -2.27. The molecule has 1 saturated heterocycles. The summed E-state index contributed by atoms with van der Waals surface area (Å²) in [7, 11) is -3.21. The van der Waals surface area contributed by atoms with Gasteiger partial charge in [-0.15, -0.1) is 0 Å². The Morgan fingerprint density at radius 1 is 0.929 bits per heavy atom. The van der Waals surface area contributed by atoms with Gasteiger partial charge in [0.1, 0.15) is 0 Å². The number of hydrogen-bond donors (Lipinski definition) is 2. The number of nitrogens with zero attached hydrogens (tertiary/aromatic N) is 2. The van der Waals surface area contributed by atoms with Crippen LogP contribution in [0.25, 0.3) is 0 Å². The molecule has 0 radical (unpaired) electrons. The minimum absolute atomic E-state index is 0.0956. The minimum atomic E-state index is -3.21. The van der Waals surface area contributed by atoms with Crippen LogP contribution in [0.4, 0.5) is 0 Å². The van der Waals surface area contributed by atoms with Gasteiger partial charge in [-0.1, -0.05) is 30.3 Å². The molecule has 10 heteroatoms. The molecule has 1 aromatic carbocycles. The van der Waals surface area contributed by atoms with Gasteiger partial charge in [0, 0.05) is 32.7 Å². The van der Waals surface area contributed by atoms with Gasteiger partial charge in [-0.3, -0.25) is 4.90 Å². The van der Waals surface area contributed by atoms with E-state index in [0.717, 1.165) is 25.2 Å². The Morgan fingerprint density at radius 2 is 1.54 bits per heavy atom. The highest BCUT2D eigenvalue weighted by atomic mass is 32.2. The Kier molecular flexibility index (Phi) is 8.12. The fourth-order valence-electron chi connectivity index (χ4n) is 2.68. The van der Waals surface area contributed by atoms with Gasteiger partial charge in [0.25, 0.3) is 0 Å². The molecule has 0 saturated carbocycles. The topological polar surface area (TPSA) is 115 Å². The average molecular weight is 427 g/mol. The van der Waals surface area contributed by atoms with Gasteiger partial charge in [-0.25, -0.2) is 18.0 Å². The number of rotatable bonds is 5. The first-order chi connectivity index (χ1) is 13.3. The predicted molar refractivity (Wildman–Crippen MR) is 106 cm³/mol. The van der Waals surface area contributed by atoms with Crippen molar-refractivity contribution in [3.05, 3.63) is 58.3 Å². The number of aliphatic carboxylic acids is 2. The summed E-state index contributed by atoms with van der Waals surface area (Å²) in [5.74, 6) is -3.55. The zero-order chi connectivity index (χ0) is 20.6. The lowest BCUT2D eigenvalue weighted by Crippen LogP contribution is -2.48. The fourth-order valence-corrected chi connectivity index (χ4v) is 4.86. The molecule has 1 aliphatic heterocycles. The van der Waals surface area contributed by atoms with Crippen LogP contribution in [0, 0.1) is 0 Å². The summed E-state index contributed by atoms with van der Waals surface area (Å²) >= 11 is 1.70. The Bertz CT molecular complexity index is 849. The van der Waals surface area contributed by atoms with E-state index in [1.54, 1.807) is 15.6 Å². The quantitative estimate of drug-likeness (QED) is 0.697. The van der Waals surface area contributed by atoms with Crippen LogP contribution in [0.5, 0.6) is 0 Å². The second-order valence-corrected chi connectivity index (χ2v) is 8.91. The molecule has 2 heterocycles. The number of thiophene rings is 1. The van der Waals surface area contributed by atoms with E-state index in [0.29, 0.717) is 13.1 Å². The van der Waals surface area contributed by atoms with Gasteiger partial charge >= 0.3 is 11.9 Å². The monoisotopic (exact) mass is 426 g/mol. The fraction of sp³-hybridized carbons (Fsp3) is 0.333. The summed E-state index contributed by atoms with van der Waals surface area (Å²) in [4.78, 5) is 20.5. The molecule has 0 amide bonds. The van der Waals surface area contributed by atoms with Gasteiger partial charge in [0.15, 0.2) is 0 Å². The maximum Gasteiger partial charge on any atom is 0.414 e. The summed E-state index contributed by atoms with van der Waals surface area (Å²) in [5.41, 5.74) is 2.16. The van der Waals surface area contributed by atoms with Crippen molar-refractivity contribution in [3.8, 4) is 0 Å². The van der Waals surface area contributed by atoms with Crippen LogP contribution in [-0.4, -0.2) is 66.0 Å². The van der Waals surface area contributed by atoms with Crippen molar-refractivity contribution in [1.82, 2.24) is 9.21 Å². The molecule has 8 nitrogen and oxygen atoms in total. The zero-order valence-electron chi connectivity index (χ0n) is 15.1. The van der Waals surface area contributed by atoms with E-state index in [2.05, 4.69) is 21.7 Å². The van der Waals surface area contributed by atoms with Crippen molar-refractivity contribution in [2.75, 3.05) is 26.2 Å². The van der Waals surface area contributed by atoms with Crippen LogP contribution in [0.1, 0.15) is 11.1 Å². The Balaban J connectivity index is 0.000000409. The van der Waals surface area contributed by atoms with Gasteiger partial charge < -0.3 is 10.2 Å². The number of carbonyl (C=O) groups is 2. The molecule has 152 valence electrons. The number of sulfonamides is 1. The highest BCUT2D eigenvalue weighted by Crippen LogP contribution is 2.16. The Labute approximate surface area is 167 Å². The molecule has 1 aromatic heterocycles. The van der Waals surface area contributed by atoms with Gasteiger partial charge in [-0.2, -0.15) is 15.6 Å². The van der Waals surface area contributed by atoms with Crippen LogP contribution >= 0.6 is 11.3 Å². The zero-order valence-corrected chi connectivity index (χ0v) is 16.7. The largest absolute Gasteiger partial charge is 0.473 e. The molecule has 3 rings (SSSR count). The van der Waals surface area contributed by atoms with E-state index in [1.807, 2.05) is 30.3 Å². The molecule has 0 bridgehead atoms. The van der Waals surface area contributed by atoms with Crippen molar-refractivity contribution in [1.29, 1.82) is 0 Å². The summed E-state index contributed by atoms with van der Waals surface area (Å²) in [6, 6.07) is 11.5. The van der Waals surface area contributed by atoms with E-state index in [1.165, 1.54) is 5.56 Å². The molecule has 28 heavy (non-hydrogen) atoms. The first-order valence-electron chi connectivity index (χ1n) is 8.49. The van der Waals surface area contributed by atoms with Gasteiger partial charge in [0.05, 0.1) is 5.75 Å². The molecular weight excluding hydrogens is 404 g/mol. The van der Waals surface area contributed by atoms with E-state index in [-0.39, 0.29) is 5.75 Å². The summed E-state index contributed by atoms with van der Waals surface area (Å²) in [6.07, 6.45) is 0. The van der Waals surface area contributed by atoms with E-state index >= 15 is 0 Å². The molecule has 0 aliphatic carbocycles. The number of piperazine rings is 1. The third kappa shape index (κ3) is 7.04. The first kappa shape index (κ1) is 22.0. The molecule has 0 atom stereocenters. The summed E-state index contributed by atoms with van der Waals surface area (Å²) in [6.45, 7) is 3.67. The predicted octanol–water partition coefficient (Wildman–Crippen LogP) is 1.55. The number of carboxylic acid groups (broad SMARTS) is 2. The van der Waals surface area contributed by atoms with Crippen LogP contribution in [-0.2, 0) is 31.9 Å². The molecular formula is C18H22N2O6S2. The standard InChI is InChI=1S/C16H20N2O2S2.C2H2O4/c19-22(20,14-15-4-2-1-3-5-15)18-9-7-17(8-10-18)12-16-6-11-21-13-16;3-1(4)2(5)6/h1-6,11,13H,7-10,12,14H2;(H,3,4)(H,5,6). The third-order valence-corrected chi connectivity index (χ3v) is 6.67. The maximum atomic E-state index is 12.5. The maximum absolute atomic E-state index is 12.5. The van der Waals surface area contributed by atoms with Crippen LogP contribution < -0.4 is 0 Å². The molecule has 2 N–H and O–H groups in total. The normalized spacial score (nSPS) is 15.4. The smallest absolute Gasteiger partial charge is 0.414 e. The second kappa shape index (κ2) is 10.3. The SMILES string of the molecule is O=C(O)C(=O)O.O=S(=O)(Cc1ccccc1)N1CCN(Cc2ccsc2)CC1. The van der Waals surface area contributed by atoms with Gasteiger partial charge in [-0.05, 0) is 28.0 Å². The van der Waals surface area contributed by atoms with Crippen molar-refractivity contribution in [3.63, 3.8) is 0 Å². The number of hydrogen-bond acceptors (Lipinski definition) is 6. The molecule has 1 aliphatic rings. The number of benzene rings is 1. The lowest BCUT2D eigenvalue weighted by molar-refractivity contribution is -0.159. The lowest BCUT2D eigenvalue weighted by Gasteiger charge is -2.33. The van der Waals surface area contributed by atoms with Crippen molar-refractivity contribution in [2.24, 2.45) is 0 Å². The van der Waals surface area contributed by atoms with Crippen LogP contribution in [0.3, 0.4) is 0 Å². The van der Waals surface area contributed by atoms with Crippen molar-refractivity contribution in [2.45, 2.75) is 12.3 Å². The molecule has 0 spiro atoms. The summed E-state index contributed by atoms with van der Waals surface area (Å²) < 4.78 is 26.6. The average Bonchev–Trinajstić information content (AvgIpc) is 3.16. The van der Waals surface area contributed by atoms with Crippen LogP contribution in [0.15, 0.2) is 47.2 Å². The highest BCUT2D eigenvalue weighted by Gasteiger charge is 2.27. The number of carboxylic acids is 2. The van der Waals surface area contributed by atoms with E-state index < -0.39 is 22.0 Å². The lowest BCUT2D eigenvalue weighted by atomic mass is 10.2. The van der Waals surface area contributed by atoms with E-state index in [9.17, 15) is 8.42 Å². The second-order valence-electron chi connectivity index (χ2n) is 6.16. The molecule has 1 fully saturated rings. The highest BCUT2D eigenvalue weighted by molar-refractivity contribution is 7.88. The van der Waals surface area contributed by atoms with Crippen LogP contribution in [0.2, 0.25) is 0 Å². The summed E-state index contributed by atoms with van der Waals surface area (Å²) in [5, 5.41) is 19.0.